The molecule has 4 heteroatoms. The molecule has 0 aromatic carbocycles. The summed E-state index contributed by atoms with van der Waals surface area (Å²) in [4.78, 5) is 25.3. The van der Waals surface area contributed by atoms with Crippen LogP contribution in [0.15, 0.2) is 0 Å². The first kappa shape index (κ1) is 12.6. The molecule has 96 valence electrons. The number of carbonyl (C=O) groups is 2. The molecule has 1 aliphatic carbocycles. The molecule has 1 aliphatic heterocycles. The normalized spacial score (nSPS) is 27.2. The van der Waals surface area contributed by atoms with E-state index >= 15 is 0 Å². The van der Waals surface area contributed by atoms with Crippen molar-refractivity contribution >= 4 is 11.7 Å². The maximum Gasteiger partial charge on any atom is 0.226 e. The average Bonchev–Trinajstić information content (AvgIpc) is 2.39. The Kier molecular flexibility index (Phi) is 4.15. The number of rotatable bonds is 2. The van der Waals surface area contributed by atoms with Crippen molar-refractivity contribution in [2.75, 3.05) is 13.2 Å². The summed E-state index contributed by atoms with van der Waals surface area (Å²) in [5.74, 6) is 0.461. The minimum atomic E-state index is 0.00822. The number of likely N-dealkylation sites (tertiary alicyclic amines) is 1. The molecule has 0 radical (unpaired) electrons. The van der Waals surface area contributed by atoms with E-state index in [4.69, 9.17) is 0 Å². The van der Waals surface area contributed by atoms with Gasteiger partial charge in [-0.3, -0.25) is 9.59 Å². The van der Waals surface area contributed by atoms with Gasteiger partial charge >= 0.3 is 0 Å². The van der Waals surface area contributed by atoms with Crippen LogP contribution in [-0.4, -0.2) is 40.9 Å². The molecule has 1 unspecified atom stereocenters. The molecule has 17 heavy (non-hydrogen) atoms. The number of aliphatic hydroxyl groups is 1. The van der Waals surface area contributed by atoms with Crippen LogP contribution in [-0.2, 0) is 9.59 Å². The zero-order valence-corrected chi connectivity index (χ0v) is 10.2. The minimum absolute atomic E-state index is 0.00822. The Labute approximate surface area is 102 Å². The largest absolute Gasteiger partial charge is 0.394 e. The van der Waals surface area contributed by atoms with Gasteiger partial charge in [-0.1, -0.05) is 0 Å². The zero-order valence-electron chi connectivity index (χ0n) is 10.2. The SMILES string of the molecule is O=C1CCC(C(=O)N2CCCCC2CO)CC1. The van der Waals surface area contributed by atoms with Crippen LogP contribution in [0, 0.1) is 5.92 Å². The summed E-state index contributed by atoms with van der Waals surface area (Å²) in [6.07, 6.45) is 5.54. The summed E-state index contributed by atoms with van der Waals surface area (Å²) in [6, 6.07) is 0.00822. The number of nitrogens with zero attached hydrogens (tertiary/aromatic N) is 1. The topological polar surface area (TPSA) is 57.6 Å². The highest BCUT2D eigenvalue weighted by Gasteiger charge is 2.32. The van der Waals surface area contributed by atoms with E-state index in [0.29, 0.717) is 25.7 Å². The molecule has 1 heterocycles. The van der Waals surface area contributed by atoms with Gasteiger partial charge in [0, 0.05) is 25.3 Å². The molecule has 0 aromatic rings. The van der Waals surface area contributed by atoms with Crippen molar-refractivity contribution < 1.29 is 14.7 Å². The third-order valence-corrected chi connectivity index (χ3v) is 4.01. The van der Waals surface area contributed by atoms with E-state index in [0.717, 1.165) is 25.8 Å². The summed E-state index contributed by atoms with van der Waals surface area (Å²) >= 11 is 0. The lowest BCUT2D eigenvalue weighted by Crippen LogP contribution is -2.48. The molecule has 0 aromatic heterocycles. The first-order chi connectivity index (χ1) is 8.22. The second kappa shape index (κ2) is 5.63. The molecular weight excluding hydrogens is 218 g/mol. The summed E-state index contributed by atoms with van der Waals surface area (Å²) < 4.78 is 0. The molecule has 2 aliphatic rings. The van der Waals surface area contributed by atoms with Crippen LogP contribution < -0.4 is 0 Å². The molecule has 4 nitrogen and oxygen atoms in total. The fourth-order valence-electron chi connectivity index (χ4n) is 2.90. The van der Waals surface area contributed by atoms with E-state index in [1.165, 1.54) is 0 Å². The standard InChI is InChI=1S/C13H21NO3/c15-9-11-3-1-2-8-14(11)13(17)10-4-6-12(16)7-5-10/h10-11,15H,1-9H2. The number of piperidine rings is 1. The van der Waals surface area contributed by atoms with Crippen LogP contribution in [0.1, 0.15) is 44.9 Å². The number of aliphatic hydroxyl groups excluding tert-OH is 1. The number of ketones is 1. The fourth-order valence-corrected chi connectivity index (χ4v) is 2.90. The first-order valence-electron chi connectivity index (χ1n) is 6.65. The van der Waals surface area contributed by atoms with Gasteiger partial charge in [0.2, 0.25) is 5.91 Å². The molecule has 1 saturated carbocycles. The van der Waals surface area contributed by atoms with Gasteiger partial charge in [0.25, 0.3) is 0 Å². The van der Waals surface area contributed by atoms with E-state index in [1.807, 2.05) is 4.90 Å². The molecule has 2 fully saturated rings. The first-order valence-corrected chi connectivity index (χ1v) is 6.65. The number of carbonyl (C=O) groups excluding carboxylic acids is 2. The third kappa shape index (κ3) is 2.86. The highest BCUT2D eigenvalue weighted by molar-refractivity contribution is 5.84. The van der Waals surface area contributed by atoms with Crippen LogP contribution in [0.3, 0.4) is 0 Å². The van der Waals surface area contributed by atoms with Gasteiger partial charge in [-0.05, 0) is 32.1 Å². The molecule has 1 saturated heterocycles. The van der Waals surface area contributed by atoms with Crippen molar-refractivity contribution in [1.29, 1.82) is 0 Å². The predicted molar refractivity (Wildman–Crippen MR) is 63.4 cm³/mol. The van der Waals surface area contributed by atoms with Crippen molar-refractivity contribution in [3.8, 4) is 0 Å². The van der Waals surface area contributed by atoms with Gasteiger partial charge in [-0.15, -0.1) is 0 Å². The van der Waals surface area contributed by atoms with Gasteiger partial charge in [0.05, 0.1) is 12.6 Å². The highest BCUT2D eigenvalue weighted by atomic mass is 16.3. The van der Waals surface area contributed by atoms with Crippen molar-refractivity contribution in [1.82, 2.24) is 4.90 Å². The smallest absolute Gasteiger partial charge is 0.226 e. The highest BCUT2D eigenvalue weighted by Crippen LogP contribution is 2.26. The number of Topliss-reactive ketones (excluding diaryl/α,β-unsaturated/α-hetero) is 1. The van der Waals surface area contributed by atoms with Crippen molar-refractivity contribution in [3.63, 3.8) is 0 Å². The molecule has 1 amide bonds. The Bertz CT molecular complexity index is 293. The van der Waals surface area contributed by atoms with E-state index < -0.39 is 0 Å². The summed E-state index contributed by atoms with van der Waals surface area (Å²) in [6.45, 7) is 0.839. The van der Waals surface area contributed by atoms with E-state index in [2.05, 4.69) is 0 Å². The van der Waals surface area contributed by atoms with Gasteiger partial charge in [0.1, 0.15) is 5.78 Å². The van der Waals surface area contributed by atoms with E-state index in [-0.39, 0.29) is 30.3 Å². The Morgan fingerprint density at radius 2 is 1.94 bits per heavy atom. The minimum Gasteiger partial charge on any atom is -0.394 e. The van der Waals surface area contributed by atoms with Crippen molar-refractivity contribution in [2.45, 2.75) is 51.0 Å². The van der Waals surface area contributed by atoms with Gasteiger partial charge in [0.15, 0.2) is 0 Å². The lowest BCUT2D eigenvalue weighted by atomic mass is 9.86. The van der Waals surface area contributed by atoms with Crippen molar-refractivity contribution in [3.05, 3.63) is 0 Å². The van der Waals surface area contributed by atoms with Crippen LogP contribution in [0.2, 0.25) is 0 Å². The van der Waals surface area contributed by atoms with Crippen LogP contribution in [0.4, 0.5) is 0 Å². The van der Waals surface area contributed by atoms with Crippen LogP contribution in [0.25, 0.3) is 0 Å². The summed E-state index contributed by atoms with van der Waals surface area (Å²) in [5.41, 5.74) is 0. The van der Waals surface area contributed by atoms with Gasteiger partial charge in [-0.25, -0.2) is 0 Å². The Morgan fingerprint density at radius 3 is 2.59 bits per heavy atom. The number of hydrogen-bond acceptors (Lipinski definition) is 3. The lowest BCUT2D eigenvalue weighted by molar-refractivity contribution is -0.142. The van der Waals surface area contributed by atoms with Crippen molar-refractivity contribution in [2.24, 2.45) is 5.92 Å². The molecule has 0 spiro atoms. The van der Waals surface area contributed by atoms with Gasteiger partial charge < -0.3 is 10.0 Å². The quantitative estimate of drug-likeness (QED) is 0.785. The summed E-state index contributed by atoms with van der Waals surface area (Å²) in [5, 5.41) is 9.30. The van der Waals surface area contributed by atoms with Gasteiger partial charge in [-0.2, -0.15) is 0 Å². The fraction of sp³-hybridized carbons (Fsp3) is 0.846. The maximum atomic E-state index is 12.3. The van der Waals surface area contributed by atoms with Crippen LogP contribution in [0.5, 0.6) is 0 Å². The average molecular weight is 239 g/mol. The van der Waals surface area contributed by atoms with Crippen LogP contribution >= 0.6 is 0 Å². The number of hydrogen-bond donors (Lipinski definition) is 1. The maximum absolute atomic E-state index is 12.3. The zero-order chi connectivity index (χ0) is 12.3. The molecule has 2 rings (SSSR count). The second-order valence-electron chi connectivity index (χ2n) is 5.18. The molecular formula is C13H21NO3. The Hall–Kier alpha value is -0.900. The number of amides is 1. The monoisotopic (exact) mass is 239 g/mol. The Balaban J connectivity index is 1.95. The second-order valence-corrected chi connectivity index (χ2v) is 5.18. The van der Waals surface area contributed by atoms with E-state index in [1.54, 1.807) is 0 Å². The molecule has 1 atom stereocenters. The Morgan fingerprint density at radius 1 is 1.24 bits per heavy atom. The third-order valence-electron chi connectivity index (χ3n) is 4.01. The lowest BCUT2D eigenvalue weighted by Gasteiger charge is -2.37. The molecule has 0 bridgehead atoms. The van der Waals surface area contributed by atoms with E-state index in [9.17, 15) is 14.7 Å². The molecule has 1 N–H and O–H groups in total. The summed E-state index contributed by atoms with van der Waals surface area (Å²) in [7, 11) is 0. The predicted octanol–water partition coefficient (Wildman–Crippen LogP) is 1.12.